The summed E-state index contributed by atoms with van der Waals surface area (Å²) in [6.45, 7) is 3.95. The van der Waals surface area contributed by atoms with E-state index in [1.165, 1.54) is 11.1 Å². The SMILES string of the molecule is CCc1ccc(Cc2nc3ccccn3c2C(C)O)cc1. The van der Waals surface area contributed by atoms with Gasteiger partial charge in [-0.15, -0.1) is 0 Å². The first-order chi connectivity index (χ1) is 10.2. The van der Waals surface area contributed by atoms with Crippen LogP contribution >= 0.6 is 0 Å². The summed E-state index contributed by atoms with van der Waals surface area (Å²) in [5, 5.41) is 10.1. The third kappa shape index (κ3) is 2.69. The van der Waals surface area contributed by atoms with E-state index >= 15 is 0 Å². The topological polar surface area (TPSA) is 37.5 Å². The second-order valence-electron chi connectivity index (χ2n) is 5.40. The molecule has 108 valence electrons. The van der Waals surface area contributed by atoms with Gasteiger partial charge in [0.05, 0.1) is 17.5 Å². The molecule has 3 aromatic rings. The summed E-state index contributed by atoms with van der Waals surface area (Å²) < 4.78 is 1.97. The zero-order valence-corrected chi connectivity index (χ0v) is 12.5. The maximum Gasteiger partial charge on any atom is 0.137 e. The molecule has 3 heteroatoms. The number of hydrogen-bond donors (Lipinski definition) is 1. The molecule has 0 saturated heterocycles. The van der Waals surface area contributed by atoms with Gasteiger partial charge in [-0.3, -0.25) is 0 Å². The van der Waals surface area contributed by atoms with Crippen LogP contribution in [0.5, 0.6) is 0 Å². The third-order valence-corrected chi connectivity index (χ3v) is 3.84. The van der Waals surface area contributed by atoms with Crippen molar-refractivity contribution < 1.29 is 5.11 Å². The van der Waals surface area contributed by atoms with Crippen molar-refractivity contribution >= 4 is 5.65 Å². The largest absolute Gasteiger partial charge is 0.387 e. The Hall–Kier alpha value is -2.13. The molecule has 1 aromatic carbocycles. The number of pyridine rings is 1. The molecule has 2 aromatic heterocycles. The van der Waals surface area contributed by atoms with E-state index < -0.39 is 6.10 Å². The summed E-state index contributed by atoms with van der Waals surface area (Å²) in [6.07, 6.45) is 3.21. The van der Waals surface area contributed by atoms with Crippen LogP contribution in [-0.2, 0) is 12.8 Å². The molecule has 0 spiro atoms. The van der Waals surface area contributed by atoms with Gasteiger partial charge in [0, 0.05) is 12.6 Å². The predicted octanol–water partition coefficient (Wildman–Crippen LogP) is 3.54. The lowest BCUT2D eigenvalue weighted by atomic mass is 10.0. The van der Waals surface area contributed by atoms with Gasteiger partial charge < -0.3 is 9.51 Å². The second-order valence-corrected chi connectivity index (χ2v) is 5.40. The zero-order valence-electron chi connectivity index (χ0n) is 12.5. The first kappa shape index (κ1) is 13.8. The number of aliphatic hydroxyl groups is 1. The van der Waals surface area contributed by atoms with Crippen LogP contribution in [0.4, 0.5) is 0 Å². The van der Waals surface area contributed by atoms with Crippen molar-refractivity contribution in [3.8, 4) is 0 Å². The number of benzene rings is 1. The van der Waals surface area contributed by atoms with Crippen LogP contribution in [0.25, 0.3) is 5.65 Å². The van der Waals surface area contributed by atoms with E-state index in [4.69, 9.17) is 0 Å². The smallest absolute Gasteiger partial charge is 0.137 e. The molecule has 21 heavy (non-hydrogen) atoms. The lowest BCUT2D eigenvalue weighted by Gasteiger charge is -2.08. The Balaban J connectivity index is 2.00. The minimum absolute atomic E-state index is 0.535. The molecule has 1 N–H and O–H groups in total. The quantitative estimate of drug-likeness (QED) is 0.793. The minimum atomic E-state index is -0.535. The molecule has 3 rings (SSSR count). The van der Waals surface area contributed by atoms with Gasteiger partial charge in [-0.1, -0.05) is 37.3 Å². The average molecular weight is 280 g/mol. The molecule has 0 amide bonds. The Morgan fingerprint density at radius 2 is 1.81 bits per heavy atom. The maximum absolute atomic E-state index is 10.1. The van der Waals surface area contributed by atoms with Crippen molar-refractivity contribution in [3.05, 3.63) is 71.2 Å². The van der Waals surface area contributed by atoms with Crippen molar-refractivity contribution in [1.82, 2.24) is 9.38 Å². The third-order valence-electron chi connectivity index (χ3n) is 3.84. The van der Waals surface area contributed by atoms with Crippen LogP contribution in [0, 0.1) is 0 Å². The Labute approximate surface area is 124 Å². The molecular weight excluding hydrogens is 260 g/mol. The van der Waals surface area contributed by atoms with Gasteiger partial charge in [0.15, 0.2) is 0 Å². The number of rotatable bonds is 4. The van der Waals surface area contributed by atoms with E-state index in [9.17, 15) is 5.11 Å². The molecule has 3 nitrogen and oxygen atoms in total. The standard InChI is InChI=1S/C18H20N2O/c1-3-14-7-9-15(10-8-14)12-16-18(13(2)21)20-11-5-4-6-17(20)19-16/h4-11,13,21H,3,12H2,1-2H3. The van der Waals surface area contributed by atoms with Crippen LogP contribution in [0.1, 0.15) is 42.5 Å². The summed E-state index contributed by atoms with van der Waals surface area (Å²) in [6, 6.07) is 14.5. The van der Waals surface area contributed by atoms with Crippen LogP contribution < -0.4 is 0 Å². The van der Waals surface area contributed by atoms with Crippen molar-refractivity contribution in [2.75, 3.05) is 0 Å². The van der Waals surface area contributed by atoms with Gasteiger partial charge in [0.2, 0.25) is 0 Å². The van der Waals surface area contributed by atoms with Crippen molar-refractivity contribution in [2.24, 2.45) is 0 Å². The van der Waals surface area contributed by atoms with E-state index in [1.807, 2.05) is 28.8 Å². The molecule has 0 radical (unpaired) electrons. The van der Waals surface area contributed by atoms with Gasteiger partial charge in [-0.2, -0.15) is 0 Å². The fourth-order valence-corrected chi connectivity index (χ4v) is 2.72. The number of hydrogen-bond acceptors (Lipinski definition) is 2. The van der Waals surface area contributed by atoms with Gasteiger partial charge >= 0.3 is 0 Å². The molecule has 1 unspecified atom stereocenters. The van der Waals surface area contributed by atoms with E-state index in [2.05, 4.69) is 36.2 Å². The van der Waals surface area contributed by atoms with E-state index in [0.29, 0.717) is 0 Å². The fraction of sp³-hybridized carbons (Fsp3) is 0.278. The van der Waals surface area contributed by atoms with Gasteiger partial charge in [0.25, 0.3) is 0 Å². The summed E-state index contributed by atoms with van der Waals surface area (Å²) in [5.41, 5.74) is 5.27. The number of fused-ring (bicyclic) bond motifs is 1. The maximum atomic E-state index is 10.1. The molecule has 0 saturated carbocycles. The summed E-state index contributed by atoms with van der Waals surface area (Å²) in [7, 11) is 0. The van der Waals surface area contributed by atoms with Crippen LogP contribution in [0.3, 0.4) is 0 Å². The molecule has 0 fully saturated rings. The van der Waals surface area contributed by atoms with E-state index in [1.54, 1.807) is 6.92 Å². The predicted molar refractivity (Wildman–Crippen MR) is 84.5 cm³/mol. The normalized spacial score (nSPS) is 12.7. The first-order valence-corrected chi connectivity index (χ1v) is 7.40. The van der Waals surface area contributed by atoms with Gasteiger partial charge in [0.1, 0.15) is 5.65 Å². The van der Waals surface area contributed by atoms with Gasteiger partial charge in [-0.25, -0.2) is 4.98 Å². The van der Waals surface area contributed by atoms with Crippen LogP contribution in [0.2, 0.25) is 0 Å². The van der Waals surface area contributed by atoms with Gasteiger partial charge in [-0.05, 0) is 36.6 Å². The number of nitrogens with zero attached hydrogens (tertiary/aromatic N) is 2. The van der Waals surface area contributed by atoms with Crippen molar-refractivity contribution in [1.29, 1.82) is 0 Å². The summed E-state index contributed by atoms with van der Waals surface area (Å²) in [5.74, 6) is 0. The Bertz CT molecular complexity index is 742. The molecule has 0 aliphatic rings. The summed E-state index contributed by atoms with van der Waals surface area (Å²) in [4.78, 5) is 4.67. The number of aromatic nitrogens is 2. The van der Waals surface area contributed by atoms with E-state index in [0.717, 1.165) is 29.9 Å². The average Bonchev–Trinajstić information content (AvgIpc) is 2.86. The number of imidazole rings is 1. The second kappa shape index (κ2) is 5.70. The lowest BCUT2D eigenvalue weighted by Crippen LogP contribution is -2.02. The molecule has 0 aliphatic heterocycles. The Kier molecular flexibility index (Phi) is 3.76. The van der Waals surface area contributed by atoms with Crippen LogP contribution in [-0.4, -0.2) is 14.5 Å². The van der Waals surface area contributed by atoms with Crippen molar-refractivity contribution in [3.63, 3.8) is 0 Å². The lowest BCUT2D eigenvalue weighted by molar-refractivity contribution is 0.192. The Morgan fingerprint density at radius 3 is 2.48 bits per heavy atom. The highest BCUT2D eigenvalue weighted by atomic mass is 16.3. The Morgan fingerprint density at radius 1 is 1.10 bits per heavy atom. The first-order valence-electron chi connectivity index (χ1n) is 7.40. The highest BCUT2D eigenvalue weighted by Gasteiger charge is 2.16. The molecule has 0 bridgehead atoms. The van der Waals surface area contributed by atoms with Crippen LogP contribution in [0.15, 0.2) is 48.7 Å². The molecule has 1 atom stereocenters. The van der Waals surface area contributed by atoms with Crippen molar-refractivity contribution in [2.45, 2.75) is 32.8 Å². The monoisotopic (exact) mass is 280 g/mol. The number of aliphatic hydroxyl groups excluding tert-OH is 1. The molecule has 0 aliphatic carbocycles. The fourth-order valence-electron chi connectivity index (χ4n) is 2.72. The summed E-state index contributed by atoms with van der Waals surface area (Å²) >= 11 is 0. The molecule has 2 heterocycles. The zero-order chi connectivity index (χ0) is 14.8. The minimum Gasteiger partial charge on any atom is -0.387 e. The number of aryl methyl sites for hydroxylation is 1. The highest BCUT2D eigenvalue weighted by molar-refractivity contribution is 5.45. The van der Waals surface area contributed by atoms with E-state index in [-0.39, 0.29) is 0 Å². The highest BCUT2D eigenvalue weighted by Crippen LogP contribution is 2.22. The molecular formula is C18H20N2O.